The maximum atomic E-state index is 9.73. The Morgan fingerprint density at radius 2 is 1.94 bits per heavy atom. The molecule has 1 aromatic rings. The van der Waals surface area contributed by atoms with Crippen molar-refractivity contribution in [2.45, 2.75) is 32.7 Å². The Hall–Kier alpha value is -0.930. The van der Waals surface area contributed by atoms with E-state index in [4.69, 9.17) is 10.5 Å². The van der Waals surface area contributed by atoms with Crippen LogP contribution in [-0.2, 0) is 0 Å². The fraction of sp³-hybridized carbons (Fsp3) is 0.538. The number of rotatable bonds is 5. The number of benzene rings is 1. The third kappa shape index (κ3) is 4.84. The van der Waals surface area contributed by atoms with Gasteiger partial charge in [0, 0.05) is 11.6 Å². The van der Waals surface area contributed by atoms with Gasteiger partial charge in [-0.2, -0.15) is 0 Å². The highest BCUT2D eigenvalue weighted by Crippen LogP contribution is 2.30. The molecule has 0 radical (unpaired) electrons. The molecule has 0 saturated carbocycles. The van der Waals surface area contributed by atoms with Gasteiger partial charge in [-0.3, -0.25) is 0 Å². The first-order valence-corrected chi connectivity index (χ1v) is 5.67. The third-order valence-electron chi connectivity index (χ3n) is 2.69. The molecule has 98 valence electrons. The highest BCUT2D eigenvalue weighted by atomic mass is 35.5. The fourth-order valence-electron chi connectivity index (χ4n) is 1.62. The van der Waals surface area contributed by atoms with Gasteiger partial charge < -0.3 is 15.6 Å². The first-order valence-electron chi connectivity index (χ1n) is 5.67. The standard InChI is InChI=1S/C13H21NO2.ClH/c1-9(2)4-6-12(14)11-8-10(16-3)5-7-13(11)15;/h5,7-9,12,15H,4,6,14H2,1-3H3;1H/t12-;/m0./s1. The Morgan fingerprint density at radius 1 is 1.29 bits per heavy atom. The molecule has 0 amide bonds. The number of hydrogen-bond acceptors (Lipinski definition) is 3. The van der Waals surface area contributed by atoms with E-state index in [1.54, 1.807) is 25.3 Å². The van der Waals surface area contributed by atoms with Crippen molar-refractivity contribution in [1.29, 1.82) is 0 Å². The van der Waals surface area contributed by atoms with Crippen LogP contribution in [0.1, 0.15) is 38.3 Å². The van der Waals surface area contributed by atoms with E-state index in [9.17, 15) is 5.11 Å². The largest absolute Gasteiger partial charge is 0.508 e. The van der Waals surface area contributed by atoms with Crippen LogP contribution in [0.15, 0.2) is 18.2 Å². The van der Waals surface area contributed by atoms with Crippen LogP contribution >= 0.6 is 12.4 Å². The average molecular weight is 260 g/mol. The Labute approximate surface area is 109 Å². The van der Waals surface area contributed by atoms with Gasteiger partial charge in [0.25, 0.3) is 0 Å². The monoisotopic (exact) mass is 259 g/mol. The van der Waals surface area contributed by atoms with Gasteiger partial charge in [-0.1, -0.05) is 13.8 Å². The summed E-state index contributed by atoms with van der Waals surface area (Å²) in [4.78, 5) is 0. The number of nitrogens with two attached hydrogens (primary N) is 1. The minimum absolute atomic E-state index is 0. The third-order valence-corrected chi connectivity index (χ3v) is 2.69. The van der Waals surface area contributed by atoms with Gasteiger partial charge in [0.2, 0.25) is 0 Å². The van der Waals surface area contributed by atoms with Gasteiger partial charge >= 0.3 is 0 Å². The van der Waals surface area contributed by atoms with E-state index in [1.165, 1.54) is 0 Å². The highest BCUT2D eigenvalue weighted by Gasteiger charge is 2.12. The number of aromatic hydroxyl groups is 1. The second-order valence-electron chi connectivity index (χ2n) is 4.50. The van der Waals surface area contributed by atoms with Crippen molar-refractivity contribution in [3.8, 4) is 11.5 Å². The molecule has 0 bridgehead atoms. The summed E-state index contributed by atoms with van der Waals surface area (Å²) >= 11 is 0. The van der Waals surface area contributed by atoms with Crippen LogP contribution in [0.4, 0.5) is 0 Å². The number of phenolic OH excluding ortho intramolecular Hbond substituents is 1. The predicted molar refractivity (Wildman–Crippen MR) is 72.9 cm³/mol. The first-order chi connectivity index (χ1) is 7.54. The molecule has 0 heterocycles. The summed E-state index contributed by atoms with van der Waals surface area (Å²) in [6.07, 6.45) is 1.93. The SMILES string of the molecule is COc1ccc(O)c([C@@H](N)CCC(C)C)c1.Cl. The minimum atomic E-state index is -0.127. The molecule has 17 heavy (non-hydrogen) atoms. The lowest BCUT2D eigenvalue weighted by atomic mass is 9.97. The summed E-state index contributed by atoms with van der Waals surface area (Å²) in [7, 11) is 1.61. The maximum Gasteiger partial charge on any atom is 0.120 e. The van der Waals surface area contributed by atoms with Gasteiger partial charge in [0.1, 0.15) is 11.5 Å². The minimum Gasteiger partial charge on any atom is -0.508 e. The zero-order valence-electron chi connectivity index (χ0n) is 10.6. The van der Waals surface area contributed by atoms with Crippen LogP contribution in [0.25, 0.3) is 0 Å². The molecule has 1 atom stereocenters. The van der Waals surface area contributed by atoms with Gasteiger partial charge in [-0.05, 0) is 37.0 Å². The Bertz CT molecular complexity index is 342. The summed E-state index contributed by atoms with van der Waals surface area (Å²) in [6.45, 7) is 4.33. The van der Waals surface area contributed by atoms with E-state index in [0.717, 1.165) is 24.2 Å². The van der Waals surface area contributed by atoms with Crippen molar-refractivity contribution in [3.05, 3.63) is 23.8 Å². The lowest BCUT2D eigenvalue weighted by Crippen LogP contribution is -2.11. The molecule has 0 unspecified atom stereocenters. The molecule has 4 heteroatoms. The van der Waals surface area contributed by atoms with Crippen molar-refractivity contribution in [2.24, 2.45) is 11.7 Å². The molecule has 0 fully saturated rings. The molecule has 0 aliphatic carbocycles. The van der Waals surface area contributed by atoms with Crippen molar-refractivity contribution < 1.29 is 9.84 Å². The second kappa shape index (κ2) is 7.41. The van der Waals surface area contributed by atoms with Crippen molar-refractivity contribution in [3.63, 3.8) is 0 Å². The van der Waals surface area contributed by atoms with Crippen LogP contribution in [-0.4, -0.2) is 12.2 Å². The summed E-state index contributed by atoms with van der Waals surface area (Å²) in [6, 6.07) is 5.04. The summed E-state index contributed by atoms with van der Waals surface area (Å²) in [5.41, 5.74) is 6.82. The Balaban J connectivity index is 0.00000256. The quantitative estimate of drug-likeness (QED) is 0.853. The van der Waals surface area contributed by atoms with E-state index in [0.29, 0.717) is 5.92 Å². The van der Waals surface area contributed by atoms with Crippen LogP contribution in [0, 0.1) is 5.92 Å². The van der Waals surface area contributed by atoms with Crippen molar-refractivity contribution in [2.75, 3.05) is 7.11 Å². The van der Waals surface area contributed by atoms with E-state index < -0.39 is 0 Å². The Morgan fingerprint density at radius 3 is 2.47 bits per heavy atom. The molecule has 3 N–H and O–H groups in total. The zero-order valence-corrected chi connectivity index (χ0v) is 11.5. The number of hydrogen-bond donors (Lipinski definition) is 2. The molecule has 0 aliphatic rings. The molecule has 1 rings (SSSR count). The molecular formula is C13H22ClNO2. The Kier molecular flexibility index (Phi) is 7.00. The van der Waals surface area contributed by atoms with Crippen LogP contribution in [0.3, 0.4) is 0 Å². The van der Waals surface area contributed by atoms with Gasteiger partial charge in [0.15, 0.2) is 0 Å². The molecule has 1 aromatic carbocycles. The van der Waals surface area contributed by atoms with Crippen molar-refractivity contribution >= 4 is 12.4 Å². The lowest BCUT2D eigenvalue weighted by molar-refractivity contribution is 0.407. The van der Waals surface area contributed by atoms with Crippen LogP contribution < -0.4 is 10.5 Å². The first kappa shape index (κ1) is 16.1. The topological polar surface area (TPSA) is 55.5 Å². The normalized spacial score (nSPS) is 12.1. The molecule has 0 aromatic heterocycles. The molecule has 0 aliphatic heterocycles. The molecular weight excluding hydrogens is 238 g/mol. The average Bonchev–Trinajstić information content (AvgIpc) is 2.26. The summed E-state index contributed by atoms with van der Waals surface area (Å²) in [5.74, 6) is 1.60. The predicted octanol–water partition coefficient (Wildman–Crippen LogP) is 3.26. The molecule has 0 spiro atoms. The van der Waals surface area contributed by atoms with E-state index >= 15 is 0 Å². The summed E-state index contributed by atoms with van der Waals surface area (Å²) in [5, 5.41) is 9.73. The van der Waals surface area contributed by atoms with E-state index in [1.807, 2.05) is 0 Å². The van der Waals surface area contributed by atoms with Crippen LogP contribution in [0.5, 0.6) is 11.5 Å². The number of halogens is 1. The van der Waals surface area contributed by atoms with Crippen LogP contribution in [0.2, 0.25) is 0 Å². The van der Waals surface area contributed by atoms with E-state index in [2.05, 4.69) is 13.8 Å². The second-order valence-corrected chi connectivity index (χ2v) is 4.50. The smallest absolute Gasteiger partial charge is 0.120 e. The maximum absolute atomic E-state index is 9.73. The summed E-state index contributed by atoms with van der Waals surface area (Å²) < 4.78 is 5.12. The number of phenols is 1. The molecule has 0 saturated heterocycles. The zero-order chi connectivity index (χ0) is 12.1. The number of methoxy groups -OCH3 is 1. The lowest BCUT2D eigenvalue weighted by Gasteiger charge is -2.15. The highest BCUT2D eigenvalue weighted by molar-refractivity contribution is 5.85. The van der Waals surface area contributed by atoms with Gasteiger partial charge in [-0.15, -0.1) is 12.4 Å². The number of ether oxygens (including phenoxy) is 1. The fourth-order valence-corrected chi connectivity index (χ4v) is 1.62. The van der Waals surface area contributed by atoms with Crippen molar-refractivity contribution in [1.82, 2.24) is 0 Å². The molecule has 3 nitrogen and oxygen atoms in total. The van der Waals surface area contributed by atoms with Gasteiger partial charge in [-0.25, -0.2) is 0 Å². The van der Waals surface area contributed by atoms with E-state index in [-0.39, 0.29) is 24.2 Å². The van der Waals surface area contributed by atoms with Gasteiger partial charge in [0.05, 0.1) is 7.11 Å².